The Morgan fingerprint density at radius 3 is 2.71 bits per heavy atom. The maximum absolute atomic E-state index is 8.73. The highest BCUT2D eigenvalue weighted by Gasteiger charge is 2.04. The fourth-order valence-electron chi connectivity index (χ4n) is 1.46. The molecule has 1 aromatic carbocycles. The molecule has 6 heteroatoms. The molecule has 1 N–H and O–H groups in total. The smallest absolute Gasteiger partial charge is 0.179 e. The molecule has 1 aromatic heterocycles. The normalized spacial score (nSPS) is 10.5. The summed E-state index contributed by atoms with van der Waals surface area (Å²) in [5, 5.41) is 20.6. The Bertz CT molecular complexity index is 467. The molecule has 0 unspecified atom stereocenters. The predicted octanol–water partition coefficient (Wildman–Crippen LogP) is 0.265. The fourth-order valence-corrected chi connectivity index (χ4v) is 1.46. The predicted molar refractivity (Wildman–Crippen MR) is 60.7 cm³/mol. The standard InChI is InChI=1S/C11H14N4O2/c1-17-10-4-2-9(3-5-10)8-11-12-14-15(13-11)6-7-16/h2-5,16H,6-8H2,1H3. The average molecular weight is 234 g/mol. The van der Waals surface area contributed by atoms with E-state index in [1.165, 1.54) is 4.80 Å². The molecule has 0 radical (unpaired) electrons. The molecule has 0 aliphatic rings. The molecule has 2 rings (SSSR count). The van der Waals surface area contributed by atoms with Crippen LogP contribution in [0.25, 0.3) is 0 Å². The SMILES string of the molecule is COc1ccc(Cc2nnn(CCO)n2)cc1. The molecule has 0 spiro atoms. The number of aliphatic hydroxyl groups is 1. The molecule has 1 heterocycles. The van der Waals surface area contributed by atoms with Crippen molar-refractivity contribution >= 4 is 0 Å². The highest BCUT2D eigenvalue weighted by atomic mass is 16.5. The van der Waals surface area contributed by atoms with E-state index < -0.39 is 0 Å². The van der Waals surface area contributed by atoms with Crippen molar-refractivity contribution in [2.75, 3.05) is 13.7 Å². The van der Waals surface area contributed by atoms with Crippen molar-refractivity contribution < 1.29 is 9.84 Å². The molecule has 0 fully saturated rings. The van der Waals surface area contributed by atoms with E-state index in [4.69, 9.17) is 9.84 Å². The maximum Gasteiger partial charge on any atom is 0.179 e. The summed E-state index contributed by atoms with van der Waals surface area (Å²) in [4.78, 5) is 1.39. The summed E-state index contributed by atoms with van der Waals surface area (Å²) in [6, 6.07) is 7.72. The zero-order valence-corrected chi connectivity index (χ0v) is 9.58. The van der Waals surface area contributed by atoms with Gasteiger partial charge in [0.2, 0.25) is 0 Å². The van der Waals surface area contributed by atoms with Crippen LogP contribution in [0.15, 0.2) is 24.3 Å². The van der Waals surface area contributed by atoms with Gasteiger partial charge in [0, 0.05) is 6.42 Å². The number of aliphatic hydroxyl groups excluding tert-OH is 1. The van der Waals surface area contributed by atoms with Crippen molar-refractivity contribution in [3.63, 3.8) is 0 Å². The average Bonchev–Trinajstić information content (AvgIpc) is 2.78. The second kappa shape index (κ2) is 5.40. The van der Waals surface area contributed by atoms with Crippen LogP contribution in [0.2, 0.25) is 0 Å². The number of ether oxygens (including phenoxy) is 1. The summed E-state index contributed by atoms with van der Waals surface area (Å²) < 4.78 is 5.08. The molecule has 90 valence electrons. The zero-order chi connectivity index (χ0) is 12.1. The lowest BCUT2D eigenvalue weighted by Gasteiger charge is -2.00. The largest absolute Gasteiger partial charge is 0.497 e. The van der Waals surface area contributed by atoms with Crippen molar-refractivity contribution in [3.8, 4) is 5.75 Å². The number of hydrogen-bond donors (Lipinski definition) is 1. The molecule has 0 bridgehead atoms. The Balaban J connectivity index is 2.03. The zero-order valence-electron chi connectivity index (χ0n) is 9.58. The van der Waals surface area contributed by atoms with E-state index in [9.17, 15) is 0 Å². The van der Waals surface area contributed by atoms with Crippen LogP contribution in [0.5, 0.6) is 5.75 Å². The summed E-state index contributed by atoms with van der Waals surface area (Å²) in [6.07, 6.45) is 0.620. The van der Waals surface area contributed by atoms with Gasteiger partial charge in [-0.1, -0.05) is 12.1 Å². The molecular formula is C11H14N4O2. The number of tetrazole rings is 1. The maximum atomic E-state index is 8.73. The topological polar surface area (TPSA) is 73.1 Å². The van der Waals surface area contributed by atoms with Gasteiger partial charge < -0.3 is 9.84 Å². The Kier molecular flexibility index (Phi) is 3.66. The molecule has 17 heavy (non-hydrogen) atoms. The van der Waals surface area contributed by atoms with E-state index in [0.717, 1.165) is 11.3 Å². The van der Waals surface area contributed by atoms with Crippen LogP contribution in [-0.4, -0.2) is 39.0 Å². The molecule has 0 aliphatic heterocycles. The van der Waals surface area contributed by atoms with E-state index in [-0.39, 0.29) is 6.61 Å². The van der Waals surface area contributed by atoms with E-state index in [1.54, 1.807) is 7.11 Å². The first-order valence-electron chi connectivity index (χ1n) is 5.32. The van der Waals surface area contributed by atoms with Crippen molar-refractivity contribution in [1.82, 2.24) is 20.2 Å². The third kappa shape index (κ3) is 3.01. The van der Waals surface area contributed by atoms with Gasteiger partial charge in [-0.3, -0.25) is 0 Å². The number of nitrogens with zero attached hydrogens (tertiary/aromatic N) is 4. The Morgan fingerprint density at radius 1 is 1.29 bits per heavy atom. The van der Waals surface area contributed by atoms with Crippen molar-refractivity contribution in [1.29, 1.82) is 0 Å². The highest BCUT2D eigenvalue weighted by molar-refractivity contribution is 5.28. The van der Waals surface area contributed by atoms with E-state index in [2.05, 4.69) is 15.4 Å². The monoisotopic (exact) mass is 234 g/mol. The summed E-state index contributed by atoms with van der Waals surface area (Å²) in [7, 11) is 1.64. The van der Waals surface area contributed by atoms with Gasteiger partial charge in [0.05, 0.1) is 20.3 Å². The third-order valence-electron chi connectivity index (χ3n) is 2.32. The lowest BCUT2D eigenvalue weighted by Crippen LogP contribution is -2.06. The number of aromatic nitrogens is 4. The molecule has 0 aliphatic carbocycles. The lowest BCUT2D eigenvalue weighted by atomic mass is 10.1. The van der Waals surface area contributed by atoms with Crippen LogP contribution in [0.1, 0.15) is 11.4 Å². The Labute approximate surface area is 98.8 Å². The molecule has 6 nitrogen and oxygen atoms in total. The first-order chi connectivity index (χ1) is 8.31. The first kappa shape index (κ1) is 11.5. The van der Waals surface area contributed by atoms with E-state index in [0.29, 0.717) is 18.8 Å². The second-order valence-corrected chi connectivity index (χ2v) is 3.55. The van der Waals surface area contributed by atoms with E-state index in [1.807, 2.05) is 24.3 Å². The quantitative estimate of drug-likeness (QED) is 0.803. The van der Waals surface area contributed by atoms with Crippen molar-refractivity contribution in [2.24, 2.45) is 0 Å². The summed E-state index contributed by atoms with van der Waals surface area (Å²) in [5.74, 6) is 1.47. The highest BCUT2D eigenvalue weighted by Crippen LogP contribution is 2.12. The van der Waals surface area contributed by atoms with Gasteiger partial charge >= 0.3 is 0 Å². The van der Waals surface area contributed by atoms with Crippen LogP contribution >= 0.6 is 0 Å². The molecule has 0 saturated carbocycles. The molecule has 0 amide bonds. The van der Waals surface area contributed by atoms with Gasteiger partial charge in [-0.05, 0) is 22.9 Å². The van der Waals surface area contributed by atoms with Crippen LogP contribution in [0.3, 0.4) is 0 Å². The number of benzene rings is 1. The minimum Gasteiger partial charge on any atom is -0.497 e. The molecule has 2 aromatic rings. The van der Waals surface area contributed by atoms with Crippen LogP contribution in [-0.2, 0) is 13.0 Å². The second-order valence-electron chi connectivity index (χ2n) is 3.55. The number of rotatable bonds is 5. The van der Waals surface area contributed by atoms with Crippen molar-refractivity contribution in [3.05, 3.63) is 35.7 Å². The van der Waals surface area contributed by atoms with Crippen molar-refractivity contribution in [2.45, 2.75) is 13.0 Å². The Morgan fingerprint density at radius 2 is 2.06 bits per heavy atom. The molecule has 0 atom stereocenters. The number of methoxy groups -OCH3 is 1. The van der Waals surface area contributed by atoms with Crippen LogP contribution in [0.4, 0.5) is 0 Å². The minimum atomic E-state index is 0.0122. The van der Waals surface area contributed by atoms with E-state index >= 15 is 0 Å². The third-order valence-corrected chi connectivity index (χ3v) is 2.32. The van der Waals surface area contributed by atoms with Gasteiger partial charge in [0.15, 0.2) is 5.82 Å². The van der Waals surface area contributed by atoms with Gasteiger partial charge in [-0.2, -0.15) is 4.80 Å². The minimum absolute atomic E-state index is 0.0122. The fraction of sp³-hybridized carbons (Fsp3) is 0.364. The van der Waals surface area contributed by atoms with Gasteiger partial charge in [0.1, 0.15) is 5.75 Å². The van der Waals surface area contributed by atoms with Crippen LogP contribution in [0, 0.1) is 0 Å². The number of hydrogen-bond acceptors (Lipinski definition) is 5. The summed E-state index contributed by atoms with van der Waals surface area (Å²) in [6.45, 7) is 0.383. The van der Waals surface area contributed by atoms with Gasteiger partial charge in [0.25, 0.3) is 0 Å². The summed E-state index contributed by atoms with van der Waals surface area (Å²) >= 11 is 0. The van der Waals surface area contributed by atoms with Gasteiger partial charge in [-0.15, -0.1) is 10.2 Å². The molecule has 0 saturated heterocycles. The molecular weight excluding hydrogens is 220 g/mol. The van der Waals surface area contributed by atoms with Crippen LogP contribution < -0.4 is 4.74 Å². The first-order valence-corrected chi connectivity index (χ1v) is 5.32. The lowest BCUT2D eigenvalue weighted by molar-refractivity contribution is 0.259. The Hall–Kier alpha value is -1.95. The summed E-state index contributed by atoms with van der Waals surface area (Å²) in [5.41, 5.74) is 1.09. The van der Waals surface area contributed by atoms with Gasteiger partial charge in [-0.25, -0.2) is 0 Å².